The van der Waals surface area contributed by atoms with Crippen LogP contribution in [0.3, 0.4) is 0 Å². The Morgan fingerprint density at radius 2 is 2.32 bits per heavy atom. The van der Waals surface area contributed by atoms with E-state index < -0.39 is 0 Å². The number of nitrogens with zero attached hydrogens (tertiary/aromatic N) is 2. The van der Waals surface area contributed by atoms with Crippen LogP contribution in [0, 0.1) is 0 Å². The van der Waals surface area contributed by atoms with Crippen LogP contribution in [0.2, 0.25) is 0 Å². The monoisotopic (exact) mass is 279 g/mol. The highest BCUT2D eigenvalue weighted by molar-refractivity contribution is 8.00. The highest BCUT2D eigenvalue weighted by Gasteiger charge is 2.27. The molecule has 1 aromatic heterocycles. The SMILES string of the molecule is CCCNc1ncccc1CN1CCSC(C)(C)C1. The van der Waals surface area contributed by atoms with E-state index in [9.17, 15) is 0 Å². The van der Waals surface area contributed by atoms with Gasteiger partial charge in [0.05, 0.1) is 0 Å². The van der Waals surface area contributed by atoms with Gasteiger partial charge in [-0.2, -0.15) is 11.8 Å². The van der Waals surface area contributed by atoms with Gasteiger partial charge in [0.25, 0.3) is 0 Å². The Morgan fingerprint density at radius 1 is 1.47 bits per heavy atom. The lowest BCUT2D eigenvalue weighted by atomic mass is 10.1. The number of pyridine rings is 1. The van der Waals surface area contributed by atoms with Crippen molar-refractivity contribution in [2.75, 3.05) is 30.7 Å². The summed E-state index contributed by atoms with van der Waals surface area (Å²) in [6.45, 7) is 11.2. The largest absolute Gasteiger partial charge is 0.370 e. The second kappa shape index (κ2) is 6.62. The van der Waals surface area contributed by atoms with Crippen LogP contribution in [0.4, 0.5) is 5.82 Å². The summed E-state index contributed by atoms with van der Waals surface area (Å²) in [6, 6.07) is 4.23. The molecule has 0 saturated carbocycles. The zero-order valence-electron chi connectivity index (χ0n) is 12.3. The van der Waals surface area contributed by atoms with Gasteiger partial charge < -0.3 is 5.32 Å². The average molecular weight is 279 g/mol. The zero-order valence-corrected chi connectivity index (χ0v) is 13.1. The van der Waals surface area contributed by atoms with Crippen molar-refractivity contribution in [1.29, 1.82) is 0 Å². The van der Waals surface area contributed by atoms with E-state index in [1.165, 1.54) is 17.9 Å². The molecule has 106 valence electrons. The molecule has 2 heterocycles. The van der Waals surface area contributed by atoms with Crippen LogP contribution in [-0.2, 0) is 6.54 Å². The van der Waals surface area contributed by atoms with Crippen LogP contribution in [0.15, 0.2) is 18.3 Å². The fourth-order valence-corrected chi connectivity index (χ4v) is 3.63. The molecule has 1 aliphatic rings. The molecule has 3 nitrogen and oxygen atoms in total. The quantitative estimate of drug-likeness (QED) is 0.895. The lowest BCUT2D eigenvalue weighted by molar-refractivity contribution is 0.252. The van der Waals surface area contributed by atoms with Gasteiger partial charge in [0.2, 0.25) is 0 Å². The molecule has 0 aromatic carbocycles. The maximum Gasteiger partial charge on any atom is 0.130 e. The first-order chi connectivity index (χ1) is 9.11. The minimum absolute atomic E-state index is 0.372. The molecule has 0 atom stereocenters. The number of hydrogen-bond donors (Lipinski definition) is 1. The molecule has 0 amide bonds. The Morgan fingerprint density at radius 3 is 3.05 bits per heavy atom. The highest BCUT2D eigenvalue weighted by atomic mass is 32.2. The summed E-state index contributed by atoms with van der Waals surface area (Å²) < 4.78 is 0.372. The first-order valence-corrected chi connectivity index (χ1v) is 8.13. The predicted molar refractivity (Wildman–Crippen MR) is 84.8 cm³/mol. The molecular weight excluding hydrogens is 254 g/mol. The van der Waals surface area contributed by atoms with Gasteiger partial charge in [-0.15, -0.1) is 0 Å². The Kier molecular flexibility index (Phi) is 5.11. The average Bonchev–Trinajstić information content (AvgIpc) is 2.36. The Balaban J connectivity index is 2.02. The van der Waals surface area contributed by atoms with Crippen molar-refractivity contribution >= 4 is 17.6 Å². The molecule has 1 aromatic rings. The third-order valence-electron chi connectivity index (χ3n) is 3.33. The van der Waals surface area contributed by atoms with Crippen molar-refractivity contribution in [3.63, 3.8) is 0 Å². The smallest absolute Gasteiger partial charge is 0.130 e. The van der Waals surface area contributed by atoms with E-state index in [0.29, 0.717) is 4.75 Å². The van der Waals surface area contributed by atoms with Gasteiger partial charge in [0, 0.05) is 48.4 Å². The van der Waals surface area contributed by atoms with Crippen LogP contribution in [0.1, 0.15) is 32.8 Å². The molecule has 2 rings (SSSR count). The van der Waals surface area contributed by atoms with Gasteiger partial charge in [-0.25, -0.2) is 4.98 Å². The molecule has 1 N–H and O–H groups in total. The van der Waals surface area contributed by atoms with Crippen molar-refractivity contribution < 1.29 is 0 Å². The molecule has 0 aliphatic carbocycles. The standard InChI is InChI=1S/C15H25N3S/c1-4-7-16-14-13(6-5-8-17-14)11-18-9-10-19-15(2,3)12-18/h5-6,8H,4,7,9-12H2,1-3H3,(H,16,17). The van der Waals surface area contributed by atoms with Crippen LogP contribution < -0.4 is 5.32 Å². The van der Waals surface area contributed by atoms with E-state index in [4.69, 9.17) is 0 Å². The van der Waals surface area contributed by atoms with Gasteiger partial charge >= 0.3 is 0 Å². The maximum atomic E-state index is 4.48. The normalized spacial score (nSPS) is 19.3. The fourth-order valence-electron chi connectivity index (χ4n) is 2.46. The summed E-state index contributed by atoms with van der Waals surface area (Å²) in [4.78, 5) is 7.02. The molecular formula is C15H25N3S. The third kappa shape index (κ3) is 4.39. The van der Waals surface area contributed by atoms with Crippen molar-refractivity contribution in [2.45, 2.75) is 38.5 Å². The Labute approximate surface area is 121 Å². The Bertz CT molecular complexity index is 406. The molecule has 1 saturated heterocycles. The number of anilines is 1. The second-order valence-electron chi connectivity index (χ2n) is 5.76. The van der Waals surface area contributed by atoms with Gasteiger partial charge in [-0.1, -0.05) is 13.0 Å². The van der Waals surface area contributed by atoms with E-state index in [1.54, 1.807) is 0 Å². The first-order valence-electron chi connectivity index (χ1n) is 7.15. The molecule has 0 unspecified atom stereocenters. The van der Waals surface area contributed by atoms with Gasteiger partial charge in [0.1, 0.15) is 5.82 Å². The summed E-state index contributed by atoms with van der Waals surface area (Å²) in [5.41, 5.74) is 1.32. The summed E-state index contributed by atoms with van der Waals surface area (Å²) >= 11 is 2.08. The van der Waals surface area contributed by atoms with E-state index in [2.05, 4.69) is 53.8 Å². The number of hydrogen-bond acceptors (Lipinski definition) is 4. The van der Waals surface area contributed by atoms with Crippen molar-refractivity contribution in [3.8, 4) is 0 Å². The van der Waals surface area contributed by atoms with Crippen LogP contribution in [0.5, 0.6) is 0 Å². The predicted octanol–water partition coefficient (Wildman–Crippen LogP) is 3.23. The van der Waals surface area contributed by atoms with E-state index in [1.807, 2.05) is 12.3 Å². The van der Waals surface area contributed by atoms with Crippen molar-refractivity contribution in [1.82, 2.24) is 9.88 Å². The fraction of sp³-hybridized carbons (Fsp3) is 0.667. The van der Waals surface area contributed by atoms with Crippen LogP contribution in [-0.4, -0.2) is 40.0 Å². The van der Waals surface area contributed by atoms with E-state index >= 15 is 0 Å². The molecule has 0 bridgehead atoms. The molecule has 0 radical (unpaired) electrons. The summed E-state index contributed by atoms with van der Waals surface area (Å²) in [6.07, 6.45) is 3.00. The number of thioether (sulfide) groups is 1. The number of rotatable bonds is 5. The van der Waals surface area contributed by atoms with Gasteiger partial charge in [-0.05, 0) is 26.3 Å². The highest BCUT2D eigenvalue weighted by Crippen LogP contribution is 2.30. The molecule has 1 aliphatic heterocycles. The third-order valence-corrected chi connectivity index (χ3v) is 4.63. The number of aromatic nitrogens is 1. The second-order valence-corrected chi connectivity index (χ2v) is 7.56. The Hall–Kier alpha value is -0.740. The molecule has 4 heteroatoms. The van der Waals surface area contributed by atoms with Crippen molar-refractivity contribution in [3.05, 3.63) is 23.9 Å². The van der Waals surface area contributed by atoms with Crippen LogP contribution >= 0.6 is 11.8 Å². The van der Waals surface area contributed by atoms with Gasteiger partial charge in [-0.3, -0.25) is 4.90 Å². The molecule has 1 fully saturated rings. The van der Waals surface area contributed by atoms with Gasteiger partial charge in [0.15, 0.2) is 0 Å². The van der Waals surface area contributed by atoms with E-state index in [-0.39, 0.29) is 0 Å². The topological polar surface area (TPSA) is 28.2 Å². The minimum atomic E-state index is 0.372. The lowest BCUT2D eigenvalue weighted by Crippen LogP contribution is -2.42. The number of nitrogens with one attached hydrogen (secondary N) is 1. The summed E-state index contributed by atoms with van der Waals surface area (Å²) in [7, 11) is 0. The van der Waals surface area contributed by atoms with Crippen LogP contribution in [0.25, 0.3) is 0 Å². The maximum absolute atomic E-state index is 4.48. The van der Waals surface area contributed by atoms with Crippen molar-refractivity contribution in [2.24, 2.45) is 0 Å². The minimum Gasteiger partial charge on any atom is -0.370 e. The summed E-state index contributed by atoms with van der Waals surface area (Å²) in [5.74, 6) is 2.28. The molecule has 19 heavy (non-hydrogen) atoms. The van der Waals surface area contributed by atoms with E-state index in [0.717, 1.165) is 31.9 Å². The summed E-state index contributed by atoms with van der Waals surface area (Å²) in [5, 5.41) is 3.43. The zero-order chi connectivity index (χ0) is 13.7. The molecule has 0 spiro atoms. The first kappa shape index (κ1) is 14.7. The lowest BCUT2D eigenvalue weighted by Gasteiger charge is -2.37.